The monoisotopic (exact) mass is 368 g/mol. The number of nitrogens with zero attached hydrogens (tertiary/aromatic N) is 1. The maximum absolute atomic E-state index is 13.1. The summed E-state index contributed by atoms with van der Waals surface area (Å²) in [7, 11) is 1.73. The molecule has 1 amide bonds. The summed E-state index contributed by atoms with van der Waals surface area (Å²) in [5, 5.41) is 6.03. The summed E-state index contributed by atoms with van der Waals surface area (Å²) in [6.07, 6.45) is 1.97. The van der Waals surface area contributed by atoms with E-state index in [0.717, 1.165) is 28.6 Å². The smallest absolute Gasteiger partial charge is 0.252 e. The van der Waals surface area contributed by atoms with E-state index in [-0.39, 0.29) is 17.5 Å². The molecule has 0 aliphatic rings. The second-order valence-corrected chi connectivity index (χ2v) is 7.49. The van der Waals surface area contributed by atoms with E-state index < -0.39 is 0 Å². The van der Waals surface area contributed by atoms with Gasteiger partial charge in [0.1, 0.15) is 0 Å². The van der Waals surface area contributed by atoms with Crippen LogP contribution >= 0.6 is 11.3 Å². The number of benzene rings is 1. The van der Waals surface area contributed by atoms with E-state index in [2.05, 4.69) is 25.2 Å². The molecule has 0 radical (unpaired) electrons. The van der Waals surface area contributed by atoms with Gasteiger partial charge in [-0.15, -0.1) is 11.3 Å². The van der Waals surface area contributed by atoms with Crippen LogP contribution in [0.2, 0.25) is 0 Å². The average Bonchev–Trinajstić information content (AvgIpc) is 3.19. The maximum Gasteiger partial charge on any atom is 0.252 e. The minimum atomic E-state index is -0.191. The topological polar surface area (TPSA) is 51.1 Å². The number of hydrogen-bond acceptors (Lipinski definition) is 3. The molecule has 5 heteroatoms. The number of rotatable bonds is 6. The lowest BCUT2D eigenvalue weighted by molar-refractivity contribution is 0.0922. The fraction of sp³-hybridized carbons (Fsp3) is 0.333. The molecular formula is C21H24N2O2S. The fourth-order valence-corrected chi connectivity index (χ4v) is 4.34. The summed E-state index contributed by atoms with van der Waals surface area (Å²) >= 11 is 1.66. The van der Waals surface area contributed by atoms with Crippen LogP contribution in [-0.4, -0.2) is 10.5 Å². The number of fused-ring (bicyclic) bond motifs is 1. The third kappa shape index (κ3) is 3.44. The first-order chi connectivity index (χ1) is 12.6. The van der Waals surface area contributed by atoms with Crippen LogP contribution < -0.4 is 10.9 Å². The third-order valence-corrected chi connectivity index (χ3v) is 6.01. The number of carbonyl (C=O) groups is 1. The highest BCUT2D eigenvalue weighted by Gasteiger charge is 2.25. The van der Waals surface area contributed by atoms with Gasteiger partial charge in [0.25, 0.3) is 11.5 Å². The van der Waals surface area contributed by atoms with Crippen molar-refractivity contribution in [1.82, 2.24) is 9.88 Å². The van der Waals surface area contributed by atoms with Crippen molar-refractivity contribution in [2.75, 3.05) is 0 Å². The van der Waals surface area contributed by atoms with Gasteiger partial charge in [0.2, 0.25) is 0 Å². The number of aryl methyl sites for hydroxylation is 1. The number of amides is 1. The standard InChI is InChI=1S/C21H24N2O2S/c1-4-14(5-2)20(18-11-8-12-26-18)22-21(25)16-13-19(24)23(3)17-10-7-6-9-15(16)17/h6-14,20H,4-5H2,1-3H3,(H,22,25). The van der Waals surface area contributed by atoms with E-state index >= 15 is 0 Å². The van der Waals surface area contributed by atoms with Gasteiger partial charge in [0, 0.05) is 23.4 Å². The Morgan fingerprint density at radius 1 is 1.15 bits per heavy atom. The number of para-hydroxylation sites is 1. The summed E-state index contributed by atoms with van der Waals surface area (Å²) in [4.78, 5) is 26.6. The Morgan fingerprint density at radius 2 is 1.88 bits per heavy atom. The molecule has 0 spiro atoms. The number of thiophene rings is 1. The molecule has 0 fully saturated rings. The molecule has 0 aliphatic carbocycles. The lowest BCUT2D eigenvalue weighted by Gasteiger charge is -2.26. The number of carbonyl (C=O) groups excluding carboxylic acids is 1. The molecule has 0 saturated carbocycles. The Morgan fingerprint density at radius 3 is 2.54 bits per heavy atom. The highest BCUT2D eigenvalue weighted by molar-refractivity contribution is 7.10. The zero-order valence-electron chi connectivity index (χ0n) is 15.4. The van der Waals surface area contributed by atoms with Gasteiger partial charge in [0.05, 0.1) is 17.1 Å². The molecule has 1 atom stereocenters. The lowest BCUT2D eigenvalue weighted by Crippen LogP contribution is -2.34. The summed E-state index contributed by atoms with van der Waals surface area (Å²) < 4.78 is 1.57. The Labute approximate surface area is 157 Å². The molecule has 1 N–H and O–H groups in total. The summed E-state index contributed by atoms with van der Waals surface area (Å²) in [5.74, 6) is 0.166. The Kier molecular flexibility index (Phi) is 5.57. The number of nitrogens with one attached hydrogen (secondary N) is 1. The largest absolute Gasteiger partial charge is 0.344 e. The first-order valence-electron chi connectivity index (χ1n) is 8.99. The van der Waals surface area contributed by atoms with Crippen LogP contribution in [0.15, 0.2) is 52.6 Å². The van der Waals surface area contributed by atoms with Gasteiger partial charge in [-0.3, -0.25) is 9.59 Å². The minimum Gasteiger partial charge on any atom is -0.344 e. The van der Waals surface area contributed by atoms with E-state index in [0.29, 0.717) is 11.5 Å². The van der Waals surface area contributed by atoms with E-state index in [9.17, 15) is 9.59 Å². The number of aromatic nitrogens is 1. The van der Waals surface area contributed by atoms with E-state index in [1.165, 1.54) is 6.07 Å². The Hall–Kier alpha value is -2.40. The van der Waals surface area contributed by atoms with Gasteiger partial charge in [-0.25, -0.2) is 0 Å². The highest BCUT2D eigenvalue weighted by atomic mass is 32.1. The van der Waals surface area contributed by atoms with Gasteiger partial charge in [-0.2, -0.15) is 0 Å². The predicted molar refractivity (Wildman–Crippen MR) is 108 cm³/mol. The van der Waals surface area contributed by atoms with Crippen LogP contribution in [0.3, 0.4) is 0 Å². The first kappa shape index (κ1) is 18.4. The van der Waals surface area contributed by atoms with Crippen molar-refractivity contribution in [3.8, 4) is 0 Å². The van der Waals surface area contributed by atoms with Crippen LogP contribution in [0.1, 0.15) is 48.0 Å². The van der Waals surface area contributed by atoms with Gasteiger partial charge < -0.3 is 9.88 Å². The van der Waals surface area contributed by atoms with Gasteiger partial charge in [-0.05, 0) is 23.4 Å². The molecule has 0 bridgehead atoms. The molecule has 26 heavy (non-hydrogen) atoms. The van der Waals surface area contributed by atoms with Crippen LogP contribution in [0.25, 0.3) is 10.9 Å². The molecule has 0 saturated heterocycles. The number of pyridine rings is 1. The Balaban J connectivity index is 2.02. The van der Waals surface area contributed by atoms with Crippen molar-refractivity contribution in [2.24, 2.45) is 13.0 Å². The van der Waals surface area contributed by atoms with Gasteiger partial charge in [-0.1, -0.05) is 51.0 Å². The van der Waals surface area contributed by atoms with Crippen molar-refractivity contribution in [2.45, 2.75) is 32.7 Å². The minimum absolute atomic E-state index is 0.0414. The summed E-state index contributed by atoms with van der Waals surface area (Å²) in [6.45, 7) is 4.29. The molecule has 1 unspecified atom stereocenters. The van der Waals surface area contributed by atoms with Crippen LogP contribution in [0.5, 0.6) is 0 Å². The van der Waals surface area contributed by atoms with Crippen molar-refractivity contribution < 1.29 is 4.79 Å². The molecule has 2 heterocycles. The van der Waals surface area contributed by atoms with Crippen LogP contribution in [0.4, 0.5) is 0 Å². The van der Waals surface area contributed by atoms with Gasteiger partial charge in [0.15, 0.2) is 0 Å². The molecule has 4 nitrogen and oxygen atoms in total. The molecule has 0 aliphatic heterocycles. The van der Waals surface area contributed by atoms with E-state index in [1.54, 1.807) is 23.0 Å². The Bertz CT molecular complexity index is 956. The van der Waals surface area contributed by atoms with Crippen molar-refractivity contribution >= 4 is 28.1 Å². The molecular weight excluding hydrogens is 344 g/mol. The van der Waals surface area contributed by atoms with Crippen molar-refractivity contribution in [3.63, 3.8) is 0 Å². The SMILES string of the molecule is CCC(CC)C(NC(=O)c1cc(=O)n(C)c2ccccc12)c1cccs1. The van der Waals surface area contributed by atoms with Crippen LogP contribution in [0, 0.1) is 5.92 Å². The quantitative estimate of drug-likeness (QED) is 0.696. The first-order valence-corrected chi connectivity index (χ1v) is 9.87. The molecule has 3 aromatic rings. The second kappa shape index (κ2) is 7.87. The molecule has 136 valence electrons. The zero-order valence-corrected chi connectivity index (χ0v) is 16.2. The third-order valence-electron chi connectivity index (χ3n) is 5.06. The normalized spacial score (nSPS) is 12.5. The zero-order chi connectivity index (χ0) is 18.7. The second-order valence-electron chi connectivity index (χ2n) is 6.52. The van der Waals surface area contributed by atoms with Gasteiger partial charge >= 0.3 is 0 Å². The van der Waals surface area contributed by atoms with E-state index in [1.807, 2.05) is 35.7 Å². The highest BCUT2D eigenvalue weighted by Crippen LogP contribution is 2.31. The van der Waals surface area contributed by atoms with E-state index in [4.69, 9.17) is 0 Å². The van der Waals surface area contributed by atoms with Crippen molar-refractivity contribution in [3.05, 3.63) is 68.6 Å². The predicted octanol–water partition coefficient (Wildman–Crippen LogP) is 4.51. The maximum atomic E-state index is 13.1. The molecule has 2 aromatic heterocycles. The summed E-state index contributed by atoms with van der Waals surface area (Å²) in [6, 6.07) is 13.0. The van der Waals surface area contributed by atoms with Crippen LogP contribution in [-0.2, 0) is 7.05 Å². The molecule has 1 aromatic carbocycles. The molecule has 3 rings (SSSR count). The average molecular weight is 369 g/mol. The lowest BCUT2D eigenvalue weighted by atomic mass is 9.92. The fourth-order valence-electron chi connectivity index (χ4n) is 3.47. The summed E-state index contributed by atoms with van der Waals surface area (Å²) in [5.41, 5.74) is 1.03. The van der Waals surface area contributed by atoms with Crippen molar-refractivity contribution in [1.29, 1.82) is 0 Å². The number of hydrogen-bond donors (Lipinski definition) is 1.